The molecule has 3 aromatic carbocycles. The first-order valence-electron chi connectivity index (χ1n) is 15.9. The van der Waals surface area contributed by atoms with E-state index in [1.807, 2.05) is 95.3 Å². The molecule has 0 aliphatic rings. The minimum absolute atomic E-state index is 0.0585. The second kappa shape index (κ2) is 17.4. The van der Waals surface area contributed by atoms with Crippen molar-refractivity contribution in [3.63, 3.8) is 0 Å². The van der Waals surface area contributed by atoms with E-state index in [1.54, 1.807) is 12.1 Å². The SMILES string of the molecule is COc1ccc(S(=O)(=O)N(CC(C)C)C[C@@H](O)C(Cc2ccccc2)N(NC(=O)CNCc2ccccc2)C(=O)CC(C)(C)C)cc1. The Hall–Kier alpha value is -3.77. The molecule has 0 aliphatic carbocycles. The molecule has 0 aliphatic heterocycles. The maximum atomic E-state index is 13.9. The van der Waals surface area contributed by atoms with E-state index in [-0.39, 0.29) is 49.2 Å². The van der Waals surface area contributed by atoms with E-state index in [0.29, 0.717) is 12.3 Å². The van der Waals surface area contributed by atoms with Crippen LogP contribution < -0.4 is 15.5 Å². The fourth-order valence-corrected chi connectivity index (χ4v) is 6.74. The summed E-state index contributed by atoms with van der Waals surface area (Å²) >= 11 is 0. The summed E-state index contributed by atoms with van der Waals surface area (Å²) in [5.74, 6) is -0.387. The van der Waals surface area contributed by atoms with Crippen molar-refractivity contribution < 1.29 is 27.9 Å². The number of sulfonamides is 1. The Morgan fingerprint density at radius 1 is 0.872 bits per heavy atom. The van der Waals surface area contributed by atoms with Crippen LogP contribution in [0.5, 0.6) is 5.75 Å². The van der Waals surface area contributed by atoms with Gasteiger partial charge in [0, 0.05) is 26.1 Å². The Morgan fingerprint density at radius 3 is 1.98 bits per heavy atom. The Kier molecular flexibility index (Phi) is 14.0. The second-order valence-corrected chi connectivity index (χ2v) is 15.3. The number of methoxy groups -OCH3 is 1. The Balaban J connectivity index is 1.95. The molecule has 10 nitrogen and oxygen atoms in total. The van der Waals surface area contributed by atoms with E-state index >= 15 is 0 Å². The average Bonchev–Trinajstić information content (AvgIpc) is 3.02. The van der Waals surface area contributed by atoms with Crippen LogP contribution in [-0.4, -0.2) is 73.5 Å². The number of nitrogens with zero attached hydrogens (tertiary/aromatic N) is 2. The fourth-order valence-electron chi connectivity index (χ4n) is 5.12. The van der Waals surface area contributed by atoms with Crippen LogP contribution in [0.4, 0.5) is 0 Å². The summed E-state index contributed by atoms with van der Waals surface area (Å²) in [5, 5.41) is 16.2. The molecular weight excluding hydrogens is 616 g/mol. The van der Waals surface area contributed by atoms with Gasteiger partial charge in [0.2, 0.25) is 15.9 Å². The van der Waals surface area contributed by atoms with Crippen molar-refractivity contribution >= 4 is 21.8 Å². The molecule has 3 rings (SSSR count). The van der Waals surface area contributed by atoms with Crippen molar-refractivity contribution in [3.05, 3.63) is 96.1 Å². The predicted molar refractivity (Wildman–Crippen MR) is 184 cm³/mol. The van der Waals surface area contributed by atoms with Crippen molar-refractivity contribution in [2.75, 3.05) is 26.7 Å². The van der Waals surface area contributed by atoms with Gasteiger partial charge < -0.3 is 15.2 Å². The molecule has 256 valence electrons. The number of hydrogen-bond acceptors (Lipinski definition) is 7. The highest BCUT2D eigenvalue weighted by molar-refractivity contribution is 7.89. The molecule has 0 spiro atoms. The van der Waals surface area contributed by atoms with Gasteiger partial charge in [0.25, 0.3) is 5.91 Å². The van der Waals surface area contributed by atoms with Gasteiger partial charge in [-0.25, -0.2) is 13.4 Å². The highest BCUT2D eigenvalue weighted by atomic mass is 32.2. The summed E-state index contributed by atoms with van der Waals surface area (Å²) in [6.07, 6.45) is -1.10. The molecule has 2 amide bonds. The Labute approximate surface area is 280 Å². The minimum atomic E-state index is -4.04. The summed E-state index contributed by atoms with van der Waals surface area (Å²) in [6.45, 7) is 9.75. The zero-order valence-corrected chi connectivity index (χ0v) is 29.2. The third kappa shape index (κ3) is 12.1. The van der Waals surface area contributed by atoms with E-state index in [1.165, 1.54) is 28.6 Å². The molecule has 0 saturated carbocycles. The highest BCUT2D eigenvalue weighted by Crippen LogP contribution is 2.25. The quantitative estimate of drug-likeness (QED) is 0.194. The van der Waals surface area contributed by atoms with E-state index in [2.05, 4.69) is 10.7 Å². The molecule has 0 radical (unpaired) electrons. The van der Waals surface area contributed by atoms with Crippen LogP contribution in [-0.2, 0) is 32.6 Å². The zero-order chi connectivity index (χ0) is 34.6. The number of nitrogens with one attached hydrogen (secondary N) is 2. The standard InChI is InChI=1S/C36H50N4O6S/c1-27(2)25-39(47(44,45)31-19-17-30(46-6)18-20-31)26-33(41)32(21-28-13-9-7-10-14-28)40(35(43)22-36(3,4)5)38-34(42)24-37-23-29-15-11-8-12-16-29/h7-20,27,32-33,37,41H,21-26H2,1-6H3,(H,38,42)/t32?,33-/m1/s1. The molecule has 1 unspecified atom stereocenters. The van der Waals surface area contributed by atoms with Crippen LogP contribution in [0.1, 0.15) is 52.2 Å². The monoisotopic (exact) mass is 666 g/mol. The first kappa shape index (κ1) is 37.7. The molecule has 0 aromatic heterocycles. The number of aliphatic hydroxyl groups is 1. The van der Waals surface area contributed by atoms with Gasteiger partial charge in [0.05, 0.1) is 30.7 Å². The third-order valence-corrected chi connectivity index (χ3v) is 9.22. The van der Waals surface area contributed by atoms with E-state index in [0.717, 1.165) is 11.1 Å². The van der Waals surface area contributed by atoms with E-state index < -0.39 is 33.5 Å². The van der Waals surface area contributed by atoms with E-state index in [4.69, 9.17) is 4.74 Å². The normalized spacial score (nSPS) is 13.3. The van der Waals surface area contributed by atoms with Crippen molar-refractivity contribution in [1.82, 2.24) is 20.1 Å². The molecule has 47 heavy (non-hydrogen) atoms. The van der Waals surface area contributed by atoms with Crippen LogP contribution in [0.25, 0.3) is 0 Å². The number of carbonyl (C=O) groups excluding carboxylic acids is 2. The molecule has 11 heteroatoms. The average molecular weight is 667 g/mol. The topological polar surface area (TPSA) is 128 Å². The second-order valence-electron chi connectivity index (χ2n) is 13.3. The van der Waals surface area contributed by atoms with Crippen LogP contribution >= 0.6 is 0 Å². The smallest absolute Gasteiger partial charge is 0.252 e. The number of carbonyl (C=O) groups is 2. The Morgan fingerprint density at radius 2 is 1.45 bits per heavy atom. The van der Waals surface area contributed by atoms with Gasteiger partial charge in [-0.3, -0.25) is 15.0 Å². The molecule has 3 N–H and O–H groups in total. The lowest BCUT2D eigenvalue weighted by Crippen LogP contribution is -2.60. The van der Waals surface area contributed by atoms with Gasteiger partial charge >= 0.3 is 0 Å². The van der Waals surface area contributed by atoms with Crippen molar-refractivity contribution in [2.45, 2.75) is 71.0 Å². The van der Waals surface area contributed by atoms with Crippen molar-refractivity contribution in [1.29, 1.82) is 0 Å². The van der Waals surface area contributed by atoms with Gasteiger partial charge in [0.1, 0.15) is 5.75 Å². The van der Waals surface area contributed by atoms with Gasteiger partial charge in [-0.05, 0) is 53.1 Å². The number of hydrazine groups is 1. The number of hydrogen-bond donors (Lipinski definition) is 3. The molecule has 0 heterocycles. The number of rotatable bonds is 16. The van der Waals surface area contributed by atoms with Crippen LogP contribution in [0.2, 0.25) is 0 Å². The lowest BCUT2D eigenvalue weighted by Gasteiger charge is -2.38. The molecule has 3 aromatic rings. The van der Waals surface area contributed by atoms with Gasteiger partial charge in [-0.2, -0.15) is 4.31 Å². The number of ether oxygens (including phenoxy) is 1. The largest absolute Gasteiger partial charge is 0.497 e. The van der Waals surface area contributed by atoms with Crippen molar-refractivity contribution in [3.8, 4) is 5.75 Å². The van der Waals surface area contributed by atoms with Gasteiger partial charge in [-0.15, -0.1) is 0 Å². The molecule has 0 bridgehead atoms. The maximum Gasteiger partial charge on any atom is 0.252 e. The van der Waals surface area contributed by atoms with Crippen LogP contribution in [0, 0.1) is 11.3 Å². The summed E-state index contributed by atoms with van der Waals surface area (Å²) in [7, 11) is -2.54. The molecular formula is C36H50N4O6S. The number of amides is 2. The summed E-state index contributed by atoms with van der Waals surface area (Å²) in [4.78, 5) is 27.3. The maximum absolute atomic E-state index is 13.9. The molecule has 2 atom stereocenters. The molecule has 0 fully saturated rings. The number of benzene rings is 3. The number of aliphatic hydroxyl groups excluding tert-OH is 1. The van der Waals surface area contributed by atoms with Gasteiger partial charge in [0.15, 0.2) is 0 Å². The first-order chi connectivity index (χ1) is 22.2. The summed E-state index contributed by atoms with van der Waals surface area (Å²) < 4.78 is 34.3. The van der Waals surface area contributed by atoms with Crippen molar-refractivity contribution in [2.24, 2.45) is 11.3 Å². The lowest BCUT2D eigenvalue weighted by atomic mass is 9.91. The summed E-state index contributed by atoms with van der Waals surface area (Å²) in [6, 6.07) is 24.0. The van der Waals surface area contributed by atoms with Crippen LogP contribution in [0.3, 0.4) is 0 Å². The molecule has 0 saturated heterocycles. The lowest BCUT2D eigenvalue weighted by molar-refractivity contribution is -0.149. The summed E-state index contributed by atoms with van der Waals surface area (Å²) in [5.41, 5.74) is 4.16. The highest BCUT2D eigenvalue weighted by Gasteiger charge is 2.37. The van der Waals surface area contributed by atoms with Crippen LogP contribution in [0.15, 0.2) is 89.8 Å². The van der Waals surface area contributed by atoms with E-state index in [9.17, 15) is 23.1 Å². The van der Waals surface area contributed by atoms with Gasteiger partial charge in [-0.1, -0.05) is 95.3 Å². The third-order valence-electron chi connectivity index (χ3n) is 7.37. The minimum Gasteiger partial charge on any atom is -0.497 e. The zero-order valence-electron chi connectivity index (χ0n) is 28.3. The fraction of sp³-hybridized carbons (Fsp3) is 0.444. The Bertz CT molecular complexity index is 1510. The predicted octanol–water partition coefficient (Wildman–Crippen LogP) is 4.40. The first-order valence-corrected chi connectivity index (χ1v) is 17.4.